The van der Waals surface area contributed by atoms with Crippen LogP contribution in [0.4, 0.5) is 0 Å². The third-order valence-corrected chi connectivity index (χ3v) is 6.72. The molecule has 0 amide bonds. The molecule has 0 unspecified atom stereocenters. The Morgan fingerprint density at radius 1 is 1.13 bits per heavy atom. The first-order chi connectivity index (χ1) is 18.7. The minimum atomic E-state index is -0.402. The van der Waals surface area contributed by atoms with Gasteiger partial charge in [-0.1, -0.05) is 29.3 Å². The molecule has 2 heterocycles. The standard InChI is InChI=1S/C30H33BrN4O4/c1-6-7-8-28-33-27-14-9-23(31)16-26(27)30(37)35(28)32-17-22-15-20(4)34(21(22)5)24-10-12-25(13-11-24)38-18-29(36)39-19(2)3/h9-17,19H,6-8,18H2,1-5H3. The number of rotatable bonds is 10. The number of halogens is 1. The summed E-state index contributed by atoms with van der Waals surface area (Å²) in [6, 6.07) is 15.1. The Morgan fingerprint density at radius 2 is 1.87 bits per heavy atom. The monoisotopic (exact) mass is 592 g/mol. The molecular formula is C30H33BrN4O4. The van der Waals surface area contributed by atoms with Gasteiger partial charge in [0.1, 0.15) is 11.6 Å². The van der Waals surface area contributed by atoms with Crippen LogP contribution < -0.4 is 10.3 Å². The van der Waals surface area contributed by atoms with Gasteiger partial charge in [-0.2, -0.15) is 9.78 Å². The van der Waals surface area contributed by atoms with Crippen LogP contribution in [0.25, 0.3) is 16.6 Å². The Bertz CT molecular complexity index is 1570. The number of benzene rings is 2. The zero-order chi connectivity index (χ0) is 28.1. The second-order valence-electron chi connectivity index (χ2n) is 9.64. The van der Waals surface area contributed by atoms with Gasteiger partial charge in [-0.05, 0) is 82.6 Å². The van der Waals surface area contributed by atoms with Crippen LogP contribution in [0.5, 0.6) is 5.75 Å². The van der Waals surface area contributed by atoms with Crippen molar-refractivity contribution in [3.05, 3.63) is 86.1 Å². The van der Waals surface area contributed by atoms with Crippen LogP contribution in [0.3, 0.4) is 0 Å². The SMILES string of the molecule is CCCCc1nc2ccc(Br)cc2c(=O)n1N=Cc1cc(C)n(-c2ccc(OCC(=O)OC(C)C)cc2)c1C. The van der Waals surface area contributed by atoms with Crippen molar-refractivity contribution >= 4 is 39.0 Å². The van der Waals surface area contributed by atoms with Crippen molar-refractivity contribution in [2.24, 2.45) is 5.10 Å². The highest BCUT2D eigenvalue weighted by atomic mass is 79.9. The topological polar surface area (TPSA) is 87.7 Å². The van der Waals surface area contributed by atoms with Gasteiger partial charge in [0.15, 0.2) is 6.61 Å². The van der Waals surface area contributed by atoms with E-state index in [4.69, 9.17) is 14.5 Å². The van der Waals surface area contributed by atoms with Gasteiger partial charge in [-0.3, -0.25) is 4.79 Å². The number of nitrogens with zero attached hydrogens (tertiary/aromatic N) is 4. The molecule has 0 aliphatic rings. The highest BCUT2D eigenvalue weighted by molar-refractivity contribution is 9.10. The summed E-state index contributed by atoms with van der Waals surface area (Å²) >= 11 is 3.45. The molecule has 0 saturated heterocycles. The van der Waals surface area contributed by atoms with E-state index >= 15 is 0 Å². The minimum absolute atomic E-state index is 0.139. The number of aromatic nitrogens is 3. The number of carbonyl (C=O) groups is 1. The van der Waals surface area contributed by atoms with Crippen LogP contribution in [0.15, 0.2) is 62.9 Å². The zero-order valence-electron chi connectivity index (χ0n) is 22.9. The number of unbranched alkanes of at least 4 members (excludes halogenated alkanes) is 1. The number of hydrogen-bond donors (Lipinski definition) is 0. The third-order valence-electron chi connectivity index (χ3n) is 6.23. The summed E-state index contributed by atoms with van der Waals surface area (Å²) in [4.78, 5) is 29.9. The molecule has 0 saturated carbocycles. The number of hydrogen-bond acceptors (Lipinski definition) is 6. The average molecular weight is 594 g/mol. The molecule has 0 radical (unpaired) electrons. The van der Waals surface area contributed by atoms with Crippen molar-refractivity contribution in [1.29, 1.82) is 0 Å². The molecule has 8 nitrogen and oxygen atoms in total. The van der Waals surface area contributed by atoms with E-state index in [9.17, 15) is 9.59 Å². The lowest BCUT2D eigenvalue weighted by Crippen LogP contribution is -2.22. The fourth-order valence-electron chi connectivity index (χ4n) is 4.38. The fraction of sp³-hybridized carbons (Fsp3) is 0.333. The van der Waals surface area contributed by atoms with Gasteiger partial charge >= 0.3 is 5.97 Å². The van der Waals surface area contributed by atoms with E-state index in [2.05, 4.69) is 32.5 Å². The highest BCUT2D eigenvalue weighted by Gasteiger charge is 2.13. The molecule has 0 bridgehead atoms. The van der Waals surface area contributed by atoms with E-state index in [1.807, 2.05) is 56.3 Å². The average Bonchev–Trinajstić information content (AvgIpc) is 3.18. The Balaban J connectivity index is 1.61. The van der Waals surface area contributed by atoms with Crippen molar-refractivity contribution in [1.82, 2.24) is 14.2 Å². The predicted octanol–water partition coefficient (Wildman–Crippen LogP) is 6.12. The summed E-state index contributed by atoms with van der Waals surface area (Å²) in [6.45, 7) is 9.60. The number of aryl methyl sites for hydroxylation is 2. The second-order valence-corrected chi connectivity index (χ2v) is 10.6. The number of carbonyl (C=O) groups excluding carboxylic acids is 1. The molecule has 4 aromatic rings. The normalized spacial score (nSPS) is 11.6. The molecule has 0 fully saturated rings. The maximum atomic E-state index is 13.4. The van der Waals surface area contributed by atoms with Gasteiger partial charge in [0.2, 0.25) is 0 Å². The lowest BCUT2D eigenvalue weighted by atomic mass is 10.2. The highest BCUT2D eigenvalue weighted by Crippen LogP contribution is 2.23. The van der Waals surface area contributed by atoms with Crippen molar-refractivity contribution in [2.75, 3.05) is 6.61 Å². The van der Waals surface area contributed by atoms with E-state index in [1.54, 1.807) is 26.1 Å². The van der Waals surface area contributed by atoms with Gasteiger partial charge in [-0.25, -0.2) is 9.78 Å². The predicted molar refractivity (Wildman–Crippen MR) is 157 cm³/mol. The molecule has 0 atom stereocenters. The molecule has 0 N–H and O–H groups in total. The lowest BCUT2D eigenvalue weighted by molar-refractivity contribution is -0.149. The molecule has 4 rings (SSSR count). The molecule has 9 heteroatoms. The molecule has 0 aliphatic carbocycles. The second kappa shape index (κ2) is 12.4. The molecular weight excluding hydrogens is 560 g/mol. The van der Waals surface area contributed by atoms with Gasteiger partial charge < -0.3 is 14.0 Å². The minimum Gasteiger partial charge on any atom is -0.482 e. The number of esters is 1. The Labute approximate surface area is 236 Å². The largest absolute Gasteiger partial charge is 0.482 e. The molecule has 0 aliphatic heterocycles. The molecule has 39 heavy (non-hydrogen) atoms. The van der Waals surface area contributed by atoms with E-state index < -0.39 is 5.97 Å². The van der Waals surface area contributed by atoms with E-state index in [0.29, 0.717) is 28.9 Å². The van der Waals surface area contributed by atoms with Crippen molar-refractivity contribution < 1.29 is 14.3 Å². The van der Waals surface area contributed by atoms with E-state index in [0.717, 1.165) is 40.0 Å². The quantitative estimate of drug-likeness (QED) is 0.163. The Morgan fingerprint density at radius 3 is 2.56 bits per heavy atom. The molecule has 2 aromatic carbocycles. The van der Waals surface area contributed by atoms with Crippen LogP contribution >= 0.6 is 15.9 Å². The van der Waals surface area contributed by atoms with Crippen LogP contribution in [-0.4, -0.2) is 39.1 Å². The third kappa shape index (κ3) is 6.65. The summed E-state index contributed by atoms with van der Waals surface area (Å²) in [5, 5.41) is 5.14. The first kappa shape index (κ1) is 28.3. The van der Waals surface area contributed by atoms with Gasteiger partial charge in [0.05, 0.1) is 23.2 Å². The van der Waals surface area contributed by atoms with Crippen molar-refractivity contribution in [3.63, 3.8) is 0 Å². The Hall–Kier alpha value is -3.72. The number of ether oxygens (including phenoxy) is 2. The fourth-order valence-corrected chi connectivity index (χ4v) is 4.74. The summed E-state index contributed by atoms with van der Waals surface area (Å²) < 4.78 is 15.0. The van der Waals surface area contributed by atoms with Crippen molar-refractivity contribution in [2.45, 2.75) is 60.0 Å². The van der Waals surface area contributed by atoms with Crippen molar-refractivity contribution in [3.8, 4) is 11.4 Å². The maximum absolute atomic E-state index is 13.4. The first-order valence-electron chi connectivity index (χ1n) is 13.0. The molecule has 0 spiro atoms. The van der Waals surface area contributed by atoms with E-state index in [1.165, 1.54) is 4.68 Å². The maximum Gasteiger partial charge on any atom is 0.344 e. The van der Waals surface area contributed by atoms with Gasteiger partial charge in [0.25, 0.3) is 5.56 Å². The Kier molecular flexibility index (Phi) is 9.01. The van der Waals surface area contributed by atoms with Crippen LogP contribution in [0.1, 0.15) is 56.4 Å². The summed E-state index contributed by atoms with van der Waals surface area (Å²) in [7, 11) is 0. The molecule has 2 aromatic heterocycles. The summed E-state index contributed by atoms with van der Waals surface area (Å²) in [5.41, 5.74) is 4.31. The zero-order valence-corrected chi connectivity index (χ0v) is 24.5. The van der Waals surface area contributed by atoms with E-state index in [-0.39, 0.29) is 18.3 Å². The molecule has 204 valence electrons. The number of fused-ring (bicyclic) bond motifs is 1. The van der Waals surface area contributed by atoms with Crippen LogP contribution in [0, 0.1) is 13.8 Å². The summed E-state index contributed by atoms with van der Waals surface area (Å²) in [5.74, 6) is 0.828. The first-order valence-corrected chi connectivity index (χ1v) is 13.8. The van der Waals surface area contributed by atoms with Crippen LogP contribution in [-0.2, 0) is 16.0 Å². The van der Waals surface area contributed by atoms with Crippen LogP contribution in [0.2, 0.25) is 0 Å². The van der Waals surface area contributed by atoms with Gasteiger partial charge in [-0.15, -0.1) is 0 Å². The lowest BCUT2D eigenvalue weighted by Gasteiger charge is -2.12. The smallest absolute Gasteiger partial charge is 0.344 e. The van der Waals surface area contributed by atoms with Gasteiger partial charge in [0, 0.05) is 33.5 Å². The summed E-state index contributed by atoms with van der Waals surface area (Å²) in [6.07, 6.45) is 4.11.